The van der Waals surface area contributed by atoms with Gasteiger partial charge in [0.05, 0.1) is 12.6 Å². The molecule has 1 aromatic heterocycles. The lowest BCUT2D eigenvalue weighted by molar-refractivity contribution is -0.150. The predicted molar refractivity (Wildman–Crippen MR) is 150 cm³/mol. The average molecular weight is 611 g/mol. The molecule has 3 aliphatic heterocycles. The third-order valence-corrected chi connectivity index (χ3v) is 10.8. The molecule has 0 aromatic carbocycles. The minimum Gasteiger partial charge on any atom is -0.472 e. The fourth-order valence-corrected chi connectivity index (χ4v) is 8.33. The molecule has 1 spiro atoms. The van der Waals surface area contributed by atoms with Gasteiger partial charge in [0.15, 0.2) is 17.2 Å². The lowest BCUT2D eigenvalue weighted by Gasteiger charge is -2.39. The number of ether oxygens (including phenoxy) is 1. The summed E-state index contributed by atoms with van der Waals surface area (Å²) in [5, 5.41) is 15.5. The molecule has 7 rings (SSSR count). The summed E-state index contributed by atoms with van der Waals surface area (Å²) in [7, 11) is 0. The first-order valence-corrected chi connectivity index (χ1v) is 15.4. The van der Waals surface area contributed by atoms with Gasteiger partial charge in [0.25, 0.3) is 11.8 Å². The van der Waals surface area contributed by atoms with Gasteiger partial charge in [-0.15, -0.1) is 0 Å². The van der Waals surface area contributed by atoms with E-state index >= 15 is 4.39 Å². The van der Waals surface area contributed by atoms with Crippen LogP contribution in [-0.2, 0) is 19.2 Å². The highest BCUT2D eigenvalue weighted by atomic mass is 19.1. The van der Waals surface area contributed by atoms with Crippen LogP contribution in [0.4, 0.5) is 14.6 Å². The lowest BCUT2D eigenvalue weighted by Crippen LogP contribution is -2.61. The van der Waals surface area contributed by atoms with Gasteiger partial charge in [-0.3, -0.25) is 19.2 Å². The van der Waals surface area contributed by atoms with Crippen LogP contribution in [0.25, 0.3) is 0 Å². The summed E-state index contributed by atoms with van der Waals surface area (Å²) >= 11 is 0. The van der Waals surface area contributed by atoms with Crippen LogP contribution in [0.2, 0.25) is 0 Å². The van der Waals surface area contributed by atoms with E-state index in [2.05, 4.69) is 21.7 Å². The van der Waals surface area contributed by atoms with Crippen LogP contribution in [0.15, 0.2) is 18.3 Å². The molecule has 2 N–H and O–H groups in total. The second kappa shape index (κ2) is 9.59. The van der Waals surface area contributed by atoms with E-state index in [1.54, 1.807) is 32.9 Å². The smallest absolute Gasteiger partial charge is 0.271 e. The van der Waals surface area contributed by atoms with Gasteiger partial charge in [-0.1, -0.05) is 20.8 Å². The van der Waals surface area contributed by atoms with Gasteiger partial charge in [0, 0.05) is 19.2 Å². The summed E-state index contributed by atoms with van der Waals surface area (Å²) < 4.78 is 36.0. The molecular weight excluding hydrogens is 574 g/mol. The number of carbonyl (C=O) groups is 4. The summed E-state index contributed by atoms with van der Waals surface area (Å²) in [4.78, 5) is 61.9. The number of amides is 4. The number of nitriles is 1. The van der Waals surface area contributed by atoms with Crippen molar-refractivity contribution in [2.75, 3.05) is 18.4 Å². The molecule has 3 saturated carbocycles. The van der Waals surface area contributed by atoms with E-state index in [9.17, 15) is 28.8 Å². The Morgan fingerprint density at radius 2 is 1.98 bits per heavy atom. The maximum atomic E-state index is 15.2. The Kier molecular flexibility index (Phi) is 6.30. The predicted octanol–water partition coefficient (Wildman–Crippen LogP) is 2.13. The number of alkyl halides is 2. The summed E-state index contributed by atoms with van der Waals surface area (Å²) in [6.07, 6.45) is 1.45. The van der Waals surface area contributed by atoms with Crippen LogP contribution < -0.4 is 15.4 Å². The summed E-state index contributed by atoms with van der Waals surface area (Å²) in [5.41, 5.74) is -4.37. The Morgan fingerprint density at radius 3 is 2.66 bits per heavy atom. The molecule has 1 aromatic rings. The first kappa shape index (κ1) is 28.9. The fourth-order valence-electron chi connectivity index (χ4n) is 8.33. The zero-order chi connectivity index (χ0) is 31.3. The van der Waals surface area contributed by atoms with Crippen molar-refractivity contribution in [2.24, 2.45) is 29.1 Å². The van der Waals surface area contributed by atoms with Crippen molar-refractivity contribution in [1.29, 1.82) is 5.26 Å². The molecule has 9 atom stereocenters. The van der Waals surface area contributed by atoms with Gasteiger partial charge >= 0.3 is 0 Å². The minimum absolute atomic E-state index is 0.00416. The average Bonchev–Trinajstić information content (AvgIpc) is 3.30. The maximum absolute atomic E-state index is 15.2. The van der Waals surface area contributed by atoms with E-state index in [4.69, 9.17) is 4.74 Å². The third kappa shape index (κ3) is 4.27. The van der Waals surface area contributed by atoms with E-state index in [0.29, 0.717) is 18.6 Å². The number of likely N-dealkylation sites (tertiary alicyclic amines) is 2. The number of anilines is 1. The number of hydrogen-bond donors (Lipinski definition) is 2. The van der Waals surface area contributed by atoms with Crippen LogP contribution >= 0.6 is 0 Å². The molecule has 13 heteroatoms. The second-order valence-electron chi connectivity index (χ2n) is 14.5. The topological polar surface area (TPSA) is 145 Å². The molecule has 11 nitrogen and oxygen atoms in total. The monoisotopic (exact) mass is 610 g/mol. The first-order valence-electron chi connectivity index (χ1n) is 15.4. The Hall–Kier alpha value is -3.82. The van der Waals surface area contributed by atoms with Crippen molar-refractivity contribution in [3.63, 3.8) is 0 Å². The Bertz CT molecular complexity index is 1490. The Labute approximate surface area is 253 Å². The number of nitrogens with one attached hydrogen (secondary N) is 2. The number of nitrogens with zero attached hydrogens (tertiary/aromatic N) is 4. The molecule has 44 heavy (non-hydrogen) atoms. The van der Waals surface area contributed by atoms with Gasteiger partial charge in [0.1, 0.15) is 24.3 Å². The van der Waals surface area contributed by atoms with Crippen molar-refractivity contribution in [3.8, 4) is 11.8 Å². The molecule has 3 aliphatic carbocycles. The Morgan fingerprint density at radius 1 is 1.23 bits per heavy atom. The highest BCUT2D eigenvalue weighted by molar-refractivity contribution is 6.01. The standard InChI is InChI=1S/C31H36F2N6O5/c1-29(2,3)23(36-27(42)30(33)6-7-30)26(41)38-13-18-15-9-17(19(32)10-15)21(18)22(38)25(40)39-14-31(11-16(39)12-34)28(43)37-24-20(44-31)5-4-8-35-24/h4-5,8,15-19,21-23H,6-7,9-11,13-14H2,1-3H3,(H,36,42)(H,35,37,43). The molecule has 234 valence electrons. The molecule has 4 heterocycles. The number of aromatic nitrogens is 1. The summed E-state index contributed by atoms with van der Waals surface area (Å²) in [6.45, 7) is 5.22. The lowest BCUT2D eigenvalue weighted by atomic mass is 9.77. The largest absolute Gasteiger partial charge is 0.472 e. The third-order valence-electron chi connectivity index (χ3n) is 10.8. The van der Waals surface area contributed by atoms with Crippen molar-refractivity contribution >= 4 is 29.4 Å². The number of pyridine rings is 1. The van der Waals surface area contributed by atoms with Gasteiger partial charge in [-0.2, -0.15) is 5.26 Å². The van der Waals surface area contributed by atoms with Gasteiger partial charge < -0.3 is 25.2 Å². The first-order chi connectivity index (χ1) is 20.8. The van der Waals surface area contributed by atoms with Crippen LogP contribution in [0.3, 0.4) is 0 Å². The quantitative estimate of drug-likeness (QED) is 0.532. The molecule has 2 saturated heterocycles. The van der Waals surface area contributed by atoms with Crippen molar-refractivity contribution in [2.45, 2.75) is 88.4 Å². The zero-order valence-corrected chi connectivity index (χ0v) is 24.9. The summed E-state index contributed by atoms with van der Waals surface area (Å²) in [5.74, 6) is -2.94. The highest BCUT2D eigenvalue weighted by Crippen LogP contribution is 2.59. The molecule has 5 fully saturated rings. The molecule has 6 aliphatic rings. The Balaban J connectivity index is 1.22. The zero-order valence-electron chi connectivity index (χ0n) is 24.9. The molecule has 4 amide bonds. The number of carbonyl (C=O) groups excluding carboxylic acids is 4. The van der Waals surface area contributed by atoms with Crippen LogP contribution in [0, 0.1) is 40.4 Å². The van der Waals surface area contributed by atoms with Crippen LogP contribution in [-0.4, -0.2) is 87.1 Å². The number of halogens is 2. The second-order valence-corrected chi connectivity index (χ2v) is 14.5. The number of fused-ring (bicyclic) bond motifs is 6. The number of rotatable bonds is 4. The van der Waals surface area contributed by atoms with Crippen molar-refractivity contribution < 1.29 is 32.7 Å². The molecule has 0 radical (unpaired) electrons. The normalized spacial score (nSPS) is 36.6. The van der Waals surface area contributed by atoms with Crippen molar-refractivity contribution in [1.82, 2.24) is 20.1 Å². The van der Waals surface area contributed by atoms with Gasteiger partial charge in [-0.05, 0) is 66.9 Å². The van der Waals surface area contributed by atoms with E-state index < -0.39 is 76.4 Å². The van der Waals surface area contributed by atoms with E-state index in [0.717, 1.165) is 0 Å². The minimum atomic E-state index is -2.00. The van der Waals surface area contributed by atoms with E-state index in [1.165, 1.54) is 16.0 Å². The van der Waals surface area contributed by atoms with Crippen LogP contribution in [0.1, 0.15) is 52.9 Å². The van der Waals surface area contributed by atoms with Crippen LogP contribution in [0.5, 0.6) is 5.75 Å². The molecule has 2 bridgehead atoms. The fraction of sp³-hybridized carbons (Fsp3) is 0.677. The summed E-state index contributed by atoms with van der Waals surface area (Å²) in [6, 6.07) is 2.14. The highest BCUT2D eigenvalue weighted by Gasteiger charge is 2.65. The number of hydrogen-bond acceptors (Lipinski definition) is 7. The van der Waals surface area contributed by atoms with E-state index in [1.807, 2.05) is 0 Å². The molecule has 9 unspecified atom stereocenters. The molecular formula is C31H36F2N6O5. The van der Waals surface area contributed by atoms with Crippen molar-refractivity contribution in [3.05, 3.63) is 18.3 Å². The SMILES string of the molecule is CC(C)(C)C(NC(=O)C1(F)CC1)C(=O)N1CC2C3CC(F)C(C3)C2C1C(=O)N1CC2(CC1C#N)Oc1cccnc1NC2=O. The van der Waals surface area contributed by atoms with E-state index in [-0.39, 0.29) is 50.0 Å². The maximum Gasteiger partial charge on any atom is 0.271 e. The van der Waals surface area contributed by atoms with Gasteiger partial charge in [0.2, 0.25) is 17.4 Å². The van der Waals surface area contributed by atoms with Gasteiger partial charge in [-0.25, -0.2) is 13.8 Å².